The predicted octanol–water partition coefficient (Wildman–Crippen LogP) is 4.24. The molecular formula is C17H14N2O2S2. The number of carbonyl (C=O) groups is 2. The van der Waals surface area contributed by atoms with Crippen LogP contribution in [0.2, 0.25) is 0 Å². The van der Waals surface area contributed by atoms with Gasteiger partial charge in [0.1, 0.15) is 0 Å². The molecule has 0 spiro atoms. The average molecular weight is 342 g/mol. The van der Waals surface area contributed by atoms with Crippen molar-refractivity contribution in [2.45, 2.75) is 6.42 Å². The summed E-state index contributed by atoms with van der Waals surface area (Å²) in [5, 5.41) is 9.49. The summed E-state index contributed by atoms with van der Waals surface area (Å²) in [7, 11) is 0. The van der Waals surface area contributed by atoms with Crippen molar-refractivity contribution < 1.29 is 9.59 Å². The van der Waals surface area contributed by atoms with E-state index in [0.717, 1.165) is 4.88 Å². The molecule has 4 nitrogen and oxygen atoms in total. The van der Waals surface area contributed by atoms with E-state index < -0.39 is 0 Å². The Morgan fingerprint density at radius 1 is 0.826 bits per heavy atom. The molecule has 0 saturated carbocycles. The van der Waals surface area contributed by atoms with E-state index in [1.54, 1.807) is 29.5 Å². The summed E-state index contributed by atoms with van der Waals surface area (Å²) in [5.41, 5.74) is 1.18. The van der Waals surface area contributed by atoms with Crippen molar-refractivity contribution in [3.63, 3.8) is 0 Å². The number of amides is 2. The molecule has 23 heavy (non-hydrogen) atoms. The lowest BCUT2D eigenvalue weighted by Crippen LogP contribution is -2.17. The van der Waals surface area contributed by atoms with E-state index >= 15 is 0 Å². The highest BCUT2D eigenvalue weighted by Crippen LogP contribution is 2.23. The predicted molar refractivity (Wildman–Crippen MR) is 95.4 cm³/mol. The number of anilines is 2. The molecule has 0 saturated heterocycles. The molecule has 0 aliphatic heterocycles. The largest absolute Gasteiger partial charge is 0.324 e. The van der Waals surface area contributed by atoms with Crippen molar-refractivity contribution in [3.05, 3.63) is 69.0 Å². The molecule has 0 bridgehead atoms. The second-order valence-electron chi connectivity index (χ2n) is 4.78. The molecule has 3 rings (SSSR count). The van der Waals surface area contributed by atoms with Crippen LogP contribution in [0.25, 0.3) is 0 Å². The minimum Gasteiger partial charge on any atom is -0.324 e. The van der Waals surface area contributed by atoms with Crippen LogP contribution in [0.5, 0.6) is 0 Å². The number of hydrogen-bond acceptors (Lipinski definition) is 4. The lowest BCUT2D eigenvalue weighted by molar-refractivity contribution is -0.115. The van der Waals surface area contributed by atoms with Gasteiger partial charge in [-0.25, -0.2) is 0 Å². The molecule has 0 radical (unpaired) electrons. The zero-order chi connectivity index (χ0) is 16.1. The summed E-state index contributed by atoms with van der Waals surface area (Å²) in [6.45, 7) is 0. The third-order valence-corrected chi connectivity index (χ3v) is 4.85. The summed E-state index contributed by atoms with van der Waals surface area (Å²) in [6, 6.07) is 14.6. The Balaban J connectivity index is 1.70. The molecule has 0 unspecified atom stereocenters. The van der Waals surface area contributed by atoms with Gasteiger partial charge in [-0.2, -0.15) is 0 Å². The van der Waals surface area contributed by atoms with E-state index in [1.165, 1.54) is 11.3 Å². The number of benzene rings is 1. The van der Waals surface area contributed by atoms with Gasteiger partial charge in [0.2, 0.25) is 5.91 Å². The lowest BCUT2D eigenvalue weighted by Gasteiger charge is -2.11. The van der Waals surface area contributed by atoms with Crippen LogP contribution in [0.3, 0.4) is 0 Å². The highest BCUT2D eigenvalue weighted by atomic mass is 32.1. The van der Waals surface area contributed by atoms with Gasteiger partial charge in [-0.3, -0.25) is 9.59 Å². The highest BCUT2D eigenvalue weighted by molar-refractivity contribution is 7.12. The van der Waals surface area contributed by atoms with E-state index in [1.807, 2.05) is 41.1 Å². The van der Waals surface area contributed by atoms with Crippen LogP contribution in [-0.4, -0.2) is 11.8 Å². The Hall–Kier alpha value is -2.44. The van der Waals surface area contributed by atoms with Crippen LogP contribution in [0.1, 0.15) is 14.5 Å². The maximum absolute atomic E-state index is 12.2. The molecule has 0 aliphatic rings. The monoisotopic (exact) mass is 342 g/mol. The average Bonchev–Trinajstić information content (AvgIpc) is 3.22. The number of nitrogens with one attached hydrogen (secondary N) is 2. The molecule has 2 amide bonds. The Morgan fingerprint density at radius 2 is 1.52 bits per heavy atom. The van der Waals surface area contributed by atoms with Crippen molar-refractivity contribution >= 4 is 45.9 Å². The Labute approximate surface area is 141 Å². The SMILES string of the molecule is O=C(Cc1cccs1)Nc1ccccc1NC(=O)c1cccs1. The first-order valence-electron chi connectivity index (χ1n) is 6.98. The molecule has 0 atom stereocenters. The topological polar surface area (TPSA) is 58.2 Å². The minimum absolute atomic E-state index is 0.106. The third-order valence-electron chi connectivity index (χ3n) is 3.11. The normalized spacial score (nSPS) is 10.3. The van der Waals surface area contributed by atoms with E-state index in [2.05, 4.69) is 10.6 Å². The van der Waals surface area contributed by atoms with Crippen molar-refractivity contribution in [1.29, 1.82) is 0 Å². The number of hydrogen-bond donors (Lipinski definition) is 2. The summed E-state index contributed by atoms with van der Waals surface area (Å²) in [4.78, 5) is 25.9. The molecule has 3 aromatic rings. The molecule has 0 fully saturated rings. The van der Waals surface area contributed by atoms with Crippen LogP contribution in [0.4, 0.5) is 11.4 Å². The zero-order valence-corrected chi connectivity index (χ0v) is 13.7. The van der Waals surface area contributed by atoms with Crippen LogP contribution >= 0.6 is 22.7 Å². The van der Waals surface area contributed by atoms with Gasteiger partial charge >= 0.3 is 0 Å². The fraction of sp³-hybridized carbons (Fsp3) is 0.0588. The smallest absolute Gasteiger partial charge is 0.265 e. The molecule has 2 heterocycles. The summed E-state index contributed by atoms with van der Waals surface area (Å²) >= 11 is 2.92. The van der Waals surface area contributed by atoms with Gasteiger partial charge in [0.25, 0.3) is 5.91 Å². The van der Waals surface area contributed by atoms with Crippen LogP contribution in [0, 0.1) is 0 Å². The number of thiophene rings is 2. The Kier molecular flexibility index (Phi) is 4.85. The molecule has 6 heteroatoms. The van der Waals surface area contributed by atoms with Crippen LogP contribution in [-0.2, 0) is 11.2 Å². The summed E-state index contributed by atoms with van der Waals surface area (Å²) < 4.78 is 0. The molecule has 2 N–H and O–H groups in total. The number of carbonyl (C=O) groups excluding carboxylic acids is 2. The molecular weight excluding hydrogens is 328 g/mol. The van der Waals surface area contributed by atoms with E-state index in [0.29, 0.717) is 22.7 Å². The number of rotatable bonds is 5. The molecule has 116 valence electrons. The standard InChI is InChI=1S/C17H14N2O2S2/c20-16(11-12-5-3-9-22-12)18-13-6-1-2-7-14(13)19-17(21)15-8-4-10-23-15/h1-10H,11H2,(H,18,20)(H,19,21). The first-order chi connectivity index (χ1) is 11.2. The Bertz CT molecular complexity index is 796. The van der Waals surface area contributed by atoms with Gasteiger partial charge in [0.05, 0.1) is 22.7 Å². The molecule has 2 aromatic heterocycles. The molecule has 0 aliphatic carbocycles. The first-order valence-corrected chi connectivity index (χ1v) is 8.74. The maximum atomic E-state index is 12.2. The van der Waals surface area contributed by atoms with Crippen LogP contribution in [0.15, 0.2) is 59.3 Å². The van der Waals surface area contributed by atoms with Gasteiger partial charge in [-0.15, -0.1) is 22.7 Å². The van der Waals surface area contributed by atoms with Gasteiger partial charge in [-0.1, -0.05) is 24.3 Å². The molecule has 1 aromatic carbocycles. The van der Waals surface area contributed by atoms with E-state index in [9.17, 15) is 9.59 Å². The van der Waals surface area contributed by atoms with Crippen LogP contribution < -0.4 is 10.6 Å². The number of para-hydroxylation sites is 2. The van der Waals surface area contributed by atoms with Gasteiger partial charge in [0, 0.05) is 4.88 Å². The fourth-order valence-corrected chi connectivity index (χ4v) is 3.38. The highest BCUT2D eigenvalue weighted by Gasteiger charge is 2.12. The maximum Gasteiger partial charge on any atom is 0.265 e. The summed E-state index contributed by atoms with van der Waals surface area (Å²) in [5.74, 6) is -0.287. The Morgan fingerprint density at radius 3 is 2.17 bits per heavy atom. The minimum atomic E-state index is -0.181. The van der Waals surface area contributed by atoms with E-state index in [4.69, 9.17) is 0 Å². The van der Waals surface area contributed by atoms with Gasteiger partial charge in [-0.05, 0) is 35.0 Å². The van der Waals surface area contributed by atoms with Crippen molar-refractivity contribution in [2.24, 2.45) is 0 Å². The van der Waals surface area contributed by atoms with Crippen molar-refractivity contribution in [3.8, 4) is 0 Å². The van der Waals surface area contributed by atoms with E-state index in [-0.39, 0.29) is 11.8 Å². The third kappa shape index (κ3) is 4.06. The second-order valence-corrected chi connectivity index (χ2v) is 6.76. The quantitative estimate of drug-likeness (QED) is 0.728. The second kappa shape index (κ2) is 7.21. The van der Waals surface area contributed by atoms with Crippen molar-refractivity contribution in [1.82, 2.24) is 0 Å². The first kappa shape index (κ1) is 15.5. The van der Waals surface area contributed by atoms with Gasteiger partial charge < -0.3 is 10.6 Å². The fourth-order valence-electron chi connectivity index (χ4n) is 2.06. The summed E-state index contributed by atoms with van der Waals surface area (Å²) in [6.07, 6.45) is 0.324. The lowest BCUT2D eigenvalue weighted by atomic mass is 10.2. The van der Waals surface area contributed by atoms with Gasteiger partial charge in [0.15, 0.2) is 0 Å². The van der Waals surface area contributed by atoms with Crippen molar-refractivity contribution in [2.75, 3.05) is 10.6 Å². The zero-order valence-electron chi connectivity index (χ0n) is 12.1.